The molecule has 0 saturated carbocycles. The number of hydrogen-bond acceptors (Lipinski definition) is 6. The smallest absolute Gasteiger partial charge is 0.335 e. The third kappa shape index (κ3) is 4.13. The van der Waals surface area contributed by atoms with Crippen molar-refractivity contribution in [3.8, 4) is 5.75 Å². The van der Waals surface area contributed by atoms with Crippen LogP contribution in [-0.4, -0.2) is 34.2 Å². The minimum Gasteiger partial charge on any atom is -0.489 e. The summed E-state index contributed by atoms with van der Waals surface area (Å²) in [6, 6.07) is 14.6. The Morgan fingerprint density at radius 1 is 1.17 bits per heavy atom. The number of carboxylic acids is 1. The van der Waals surface area contributed by atoms with E-state index in [1.807, 2.05) is 43.3 Å². The number of fused-ring (bicyclic) bond motifs is 1. The van der Waals surface area contributed by atoms with Gasteiger partial charge in [0.25, 0.3) is 0 Å². The summed E-state index contributed by atoms with van der Waals surface area (Å²) in [6.07, 6.45) is 3.52. The van der Waals surface area contributed by atoms with Gasteiger partial charge >= 0.3 is 5.97 Å². The lowest BCUT2D eigenvalue weighted by Gasteiger charge is -2.33. The van der Waals surface area contributed by atoms with Crippen molar-refractivity contribution in [2.45, 2.75) is 19.5 Å². The summed E-state index contributed by atoms with van der Waals surface area (Å²) in [5, 5.41) is 12.5. The molecule has 1 aliphatic heterocycles. The van der Waals surface area contributed by atoms with Crippen molar-refractivity contribution in [1.82, 2.24) is 9.97 Å². The molecule has 0 fully saturated rings. The minimum atomic E-state index is -0.932. The predicted octanol–water partition coefficient (Wildman–Crippen LogP) is 3.75. The van der Waals surface area contributed by atoms with Gasteiger partial charge in [-0.15, -0.1) is 0 Å². The van der Waals surface area contributed by atoms with Gasteiger partial charge in [0.1, 0.15) is 18.0 Å². The number of aromatic nitrogens is 2. The molecule has 1 aromatic carbocycles. The van der Waals surface area contributed by atoms with Crippen LogP contribution < -0.4 is 15.0 Å². The Bertz CT molecular complexity index is 993. The number of nitrogens with one attached hydrogen (secondary N) is 1. The van der Waals surface area contributed by atoms with Crippen molar-refractivity contribution in [3.63, 3.8) is 0 Å². The fourth-order valence-corrected chi connectivity index (χ4v) is 3.39. The third-order valence-electron chi connectivity index (χ3n) is 4.91. The van der Waals surface area contributed by atoms with Gasteiger partial charge in [-0.05, 0) is 36.8 Å². The lowest BCUT2D eigenvalue weighted by molar-refractivity contribution is 0.0697. The fourth-order valence-electron chi connectivity index (χ4n) is 3.39. The molecule has 1 atom stereocenters. The Balaban J connectivity index is 1.59. The van der Waals surface area contributed by atoms with Crippen LogP contribution in [0.15, 0.2) is 60.9 Å². The second-order valence-corrected chi connectivity index (χ2v) is 6.89. The summed E-state index contributed by atoms with van der Waals surface area (Å²) < 4.78 is 5.85. The molecule has 0 radical (unpaired) electrons. The summed E-state index contributed by atoms with van der Waals surface area (Å²) in [4.78, 5) is 22.3. The van der Waals surface area contributed by atoms with Gasteiger partial charge < -0.3 is 20.1 Å². The van der Waals surface area contributed by atoms with Crippen LogP contribution in [0.5, 0.6) is 5.75 Å². The van der Waals surface area contributed by atoms with E-state index < -0.39 is 5.97 Å². The Labute approximate surface area is 169 Å². The maximum absolute atomic E-state index is 11.1. The average Bonchev–Trinajstić information content (AvgIpc) is 2.75. The van der Waals surface area contributed by atoms with E-state index in [4.69, 9.17) is 9.84 Å². The number of anilines is 2. The van der Waals surface area contributed by atoms with E-state index in [-0.39, 0.29) is 11.6 Å². The monoisotopic (exact) mass is 390 g/mol. The van der Waals surface area contributed by atoms with Crippen LogP contribution in [0.25, 0.3) is 0 Å². The molecule has 7 heteroatoms. The number of carboxylic acid groups (broad SMARTS) is 1. The molecule has 3 heterocycles. The van der Waals surface area contributed by atoms with Gasteiger partial charge in [0.15, 0.2) is 5.82 Å². The molecule has 0 bridgehead atoms. The molecule has 148 valence electrons. The van der Waals surface area contributed by atoms with Crippen molar-refractivity contribution >= 4 is 17.5 Å². The van der Waals surface area contributed by atoms with Crippen molar-refractivity contribution < 1.29 is 14.6 Å². The van der Waals surface area contributed by atoms with Crippen molar-refractivity contribution in [1.29, 1.82) is 0 Å². The van der Waals surface area contributed by atoms with Gasteiger partial charge in [-0.25, -0.2) is 9.78 Å². The molecule has 7 nitrogen and oxygen atoms in total. The maximum atomic E-state index is 11.1. The first-order valence-electron chi connectivity index (χ1n) is 9.48. The molecule has 0 aliphatic carbocycles. The summed E-state index contributed by atoms with van der Waals surface area (Å²) in [6.45, 7) is 4.03. The first kappa shape index (κ1) is 18.7. The molecule has 1 aliphatic rings. The van der Waals surface area contributed by atoms with E-state index in [1.54, 1.807) is 24.5 Å². The summed E-state index contributed by atoms with van der Waals surface area (Å²) in [5.41, 5.74) is 3.14. The summed E-state index contributed by atoms with van der Waals surface area (Å²) in [7, 11) is 0. The summed E-state index contributed by atoms with van der Waals surface area (Å²) >= 11 is 0. The highest BCUT2D eigenvalue weighted by molar-refractivity contribution is 5.87. The Hall–Kier alpha value is -3.61. The first-order chi connectivity index (χ1) is 14.1. The zero-order valence-corrected chi connectivity index (χ0v) is 16.1. The molecule has 2 aromatic heterocycles. The highest BCUT2D eigenvalue weighted by Crippen LogP contribution is 2.39. The standard InChI is InChI=1S/C22H22N4O3/c1-15(16-5-7-17(8-6-16)22(27)28)25-21-20-19(9-11-24-21)29-13-12-26(20)14-18-4-2-3-10-23-18/h2-11,15H,12-14H2,1H3,(H,24,25)(H,27,28). The molecule has 2 N–H and O–H groups in total. The quantitative estimate of drug-likeness (QED) is 0.663. The van der Waals surface area contributed by atoms with Gasteiger partial charge in [0.2, 0.25) is 0 Å². The Morgan fingerprint density at radius 3 is 2.72 bits per heavy atom. The van der Waals surface area contributed by atoms with Crippen LogP contribution in [-0.2, 0) is 6.54 Å². The molecule has 3 aromatic rings. The molecular weight excluding hydrogens is 368 g/mol. The van der Waals surface area contributed by atoms with Crippen LogP contribution in [0.2, 0.25) is 0 Å². The number of rotatable bonds is 6. The Morgan fingerprint density at radius 2 is 2.00 bits per heavy atom. The van der Waals surface area contributed by atoms with E-state index in [2.05, 4.69) is 20.2 Å². The topological polar surface area (TPSA) is 87.6 Å². The number of ether oxygens (including phenoxy) is 1. The SMILES string of the molecule is CC(Nc1nccc2c1N(Cc1ccccn1)CCO2)c1ccc(C(=O)O)cc1. The molecule has 0 saturated heterocycles. The molecule has 4 rings (SSSR count). The Kier molecular flexibility index (Phi) is 5.29. The van der Waals surface area contributed by atoms with Crippen LogP contribution in [0.1, 0.15) is 34.6 Å². The maximum Gasteiger partial charge on any atom is 0.335 e. The van der Waals surface area contributed by atoms with Crippen molar-refractivity contribution in [3.05, 3.63) is 77.7 Å². The number of hydrogen-bond donors (Lipinski definition) is 2. The largest absolute Gasteiger partial charge is 0.489 e. The van der Waals surface area contributed by atoms with Gasteiger partial charge in [0.05, 0.1) is 30.4 Å². The van der Waals surface area contributed by atoms with Gasteiger partial charge in [0, 0.05) is 18.5 Å². The fraction of sp³-hybridized carbons (Fsp3) is 0.227. The summed E-state index contributed by atoms with van der Waals surface area (Å²) in [5.74, 6) is 0.587. The van der Waals surface area contributed by atoms with E-state index >= 15 is 0 Å². The minimum absolute atomic E-state index is 0.0597. The highest BCUT2D eigenvalue weighted by atomic mass is 16.5. The van der Waals surface area contributed by atoms with Crippen LogP contribution in [0.4, 0.5) is 11.5 Å². The normalized spacial score (nSPS) is 13.9. The number of nitrogens with zero attached hydrogens (tertiary/aromatic N) is 3. The zero-order chi connectivity index (χ0) is 20.2. The van der Waals surface area contributed by atoms with Crippen LogP contribution in [0, 0.1) is 0 Å². The van der Waals surface area contributed by atoms with E-state index in [0.29, 0.717) is 13.2 Å². The second kappa shape index (κ2) is 8.18. The van der Waals surface area contributed by atoms with E-state index in [0.717, 1.165) is 35.1 Å². The zero-order valence-electron chi connectivity index (χ0n) is 16.1. The molecule has 1 unspecified atom stereocenters. The van der Waals surface area contributed by atoms with Crippen molar-refractivity contribution in [2.24, 2.45) is 0 Å². The van der Waals surface area contributed by atoms with E-state index in [1.165, 1.54) is 0 Å². The average molecular weight is 390 g/mol. The number of carbonyl (C=O) groups is 1. The molecular formula is C22H22N4O3. The predicted molar refractivity (Wildman–Crippen MR) is 110 cm³/mol. The lowest BCUT2D eigenvalue weighted by atomic mass is 10.1. The first-order valence-corrected chi connectivity index (χ1v) is 9.48. The number of benzene rings is 1. The lowest BCUT2D eigenvalue weighted by Crippen LogP contribution is -2.33. The van der Waals surface area contributed by atoms with Crippen LogP contribution >= 0.6 is 0 Å². The number of pyridine rings is 2. The molecule has 0 amide bonds. The molecule has 29 heavy (non-hydrogen) atoms. The van der Waals surface area contributed by atoms with Crippen LogP contribution in [0.3, 0.4) is 0 Å². The van der Waals surface area contributed by atoms with E-state index in [9.17, 15) is 4.79 Å². The number of aromatic carboxylic acids is 1. The van der Waals surface area contributed by atoms with Gasteiger partial charge in [-0.2, -0.15) is 0 Å². The van der Waals surface area contributed by atoms with Crippen molar-refractivity contribution in [2.75, 3.05) is 23.4 Å². The van der Waals surface area contributed by atoms with Gasteiger partial charge in [-0.1, -0.05) is 18.2 Å². The van der Waals surface area contributed by atoms with Gasteiger partial charge in [-0.3, -0.25) is 4.98 Å². The second-order valence-electron chi connectivity index (χ2n) is 6.89. The third-order valence-corrected chi connectivity index (χ3v) is 4.91. The highest BCUT2D eigenvalue weighted by Gasteiger charge is 2.24. The molecule has 0 spiro atoms.